The van der Waals surface area contributed by atoms with Crippen molar-refractivity contribution in [3.63, 3.8) is 0 Å². The number of benzene rings is 2. The summed E-state index contributed by atoms with van der Waals surface area (Å²) < 4.78 is 2.08. The Morgan fingerprint density at radius 2 is 1.94 bits per heavy atom. The third-order valence-corrected chi connectivity index (χ3v) is 5.51. The van der Waals surface area contributed by atoms with Gasteiger partial charge >= 0.3 is 0 Å². The molecule has 1 amide bonds. The number of hydrogen-bond donors (Lipinski definition) is 3. The van der Waals surface area contributed by atoms with Gasteiger partial charge in [0.15, 0.2) is 0 Å². The number of imidazole rings is 1. The smallest absolute Gasteiger partial charge is 0.253 e. The lowest BCUT2D eigenvalue weighted by molar-refractivity contribution is 0.0736. The van der Waals surface area contributed by atoms with Crippen molar-refractivity contribution < 1.29 is 4.79 Å². The Balaban J connectivity index is 1.50. The highest BCUT2D eigenvalue weighted by molar-refractivity contribution is 5.94. The van der Waals surface area contributed by atoms with Crippen molar-refractivity contribution in [1.82, 2.24) is 25.1 Å². The summed E-state index contributed by atoms with van der Waals surface area (Å²) in [5.41, 5.74) is 9.53. The Morgan fingerprint density at radius 1 is 1.13 bits per heavy atom. The van der Waals surface area contributed by atoms with Gasteiger partial charge < -0.3 is 21.3 Å². The molecule has 162 valence electrons. The van der Waals surface area contributed by atoms with Crippen LogP contribution in [0.3, 0.4) is 0 Å². The van der Waals surface area contributed by atoms with Gasteiger partial charge in [-0.15, -0.1) is 0 Å². The van der Waals surface area contributed by atoms with E-state index in [1.54, 1.807) is 6.20 Å². The standard InChI is InChI=1S/C24H30N6O/c25-9-2-10-27-18-19-3-1-4-22(17-19)30-16-13-28-23(30)20-5-7-21(8-6-20)24(31)29-14-11-26-12-15-29/h1,3-8,13,16-17,26-27H,2,9-12,14-15,18,25H2. The second-order valence-electron chi connectivity index (χ2n) is 7.73. The second kappa shape index (κ2) is 10.3. The number of amides is 1. The van der Waals surface area contributed by atoms with Crippen LogP contribution in [0.25, 0.3) is 17.1 Å². The third-order valence-electron chi connectivity index (χ3n) is 5.51. The lowest BCUT2D eigenvalue weighted by Gasteiger charge is -2.27. The Kier molecular flexibility index (Phi) is 7.09. The first-order chi connectivity index (χ1) is 15.3. The van der Waals surface area contributed by atoms with Gasteiger partial charge in [0.25, 0.3) is 5.91 Å². The van der Waals surface area contributed by atoms with Crippen LogP contribution in [0.1, 0.15) is 22.3 Å². The van der Waals surface area contributed by atoms with E-state index in [4.69, 9.17) is 5.73 Å². The summed E-state index contributed by atoms with van der Waals surface area (Å²) in [7, 11) is 0. The summed E-state index contributed by atoms with van der Waals surface area (Å²) in [5, 5.41) is 6.70. The molecular formula is C24H30N6O. The normalized spacial score (nSPS) is 14.0. The fraction of sp³-hybridized carbons (Fsp3) is 0.333. The largest absolute Gasteiger partial charge is 0.336 e. The number of hydrogen-bond acceptors (Lipinski definition) is 5. The fourth-order valence-electron chi connectivity index (χ4n) is 3.81. The maximum absolute atomic E-state index is 12.7. The Morgan fingerprint density at radius 3 is 2.71 bits per heavy atom. The number of aromatic nitrogens is 2. The molecule has 2 heterocycles. The predicted octanol–water partition coefficient (Wildman–Crippen LogP) is 2.02. The zero-order valence-electron chi connectivity index (χ0n) is 17.8. The molecule has 3 aromatic rings. The third kappa shape index (κ3) is 5.19. The topological polar surface area (TPSA) is 88.2 Å². The highest BCUT2D eigenvalue weighted by atomic mass is 16.2. The fourth-order valence-corrected chi connectivity index (χ4v) is 3.81. The SMILES string of the molecule is NCCCNCc1cccc(-n2ccnc2-c2ccc(C(=O)N3CCNCC3)cc2)c1. The van der Waals surface area contributed by atoms with Crippen LogP contribution in [0, 0.1) is 0 Å². The maximum Gasteiger partial charge on any atom is 0.253 e. The molecule has 0 radical (unpaired) electrons. The zero-order chi connectivity index (χ0) is 21.5. The van der Waals surface area contributed by atoms with Gasteiger partial charge in [0.1, 0.15) is 5.82 Å². The minimum atomic E-state index is 0.0891. The molecule has 1 fully saturated rings. The minimum absolute atomic E-state index is 0.0891. The number of rotatable bonds is 8. The van der Waals surface area contributed by atoms with Crippen molar-refractivity contribution >= 4 is 5.91 Å². The maximum atomic E-state index is 12.7. The summed E-state index contributed by atoms with van der Waals surface area (Å²) in [6, 6.07) is 16.2. The minimum Gasteiger partial charge on any atom is -0.336 e. The van der Waals surface area contributed by atoms with Crippen molar-refractivity contribution in [1.29, 1.82) is 0 Å². The van der Waals surface area contributed by atoms with Gasteiger partial charge in [-0.05, 0) is 49.3 Å². The van der Waals surface area contributed by atoms with Crippen molar-refractivity contribution in [2.24, 2.45) is 5.73 Å². The first kappa shape index (κ1) is 21.2. The number of nitrogens with two attached hydrogens (primary N) is 1. The molecule has 0 spiro atoms. The molecule has 1 saturated heterocycles. The van der Waals surface area contributed by atoms with Gasteiger partial charge in [0.05, 0.1) is 0 Å². The van der Waals surface area contributed by atoms with E-state index in [2.05, 4.69) is 44.5 Å². The highest BCUT2D eigenvalue weighted by Crippen LogP contribution is 2.23. The number of nitrogens with one attached hydrogen (secondary N) is 2. The van der Waals surface area contributed by atoms with Gasteiger partial charge in [-0.3, -0.25) is 9.36 Å². The molecule has 4 N–H and O–H groups in total. The van der Waals surface area contributed by atoms with Gasteiger partial charge in [0.2, 0.25) is 0 Å². The summed E-state index contributed by atoms with van der Waals surface area (Å²) in [4.78, 5) is 19.2. The number of carbonyl (C=O) groups is 1. The lowest BCUT2D eigenvalue weighted by atomic mass is 10.1. The van der Waals surface area contributed by atoms with Crippen LogP contribution in [-0.2, 0) is 6.54 Å². The molecule has 2 aromatic carbocycles. The monoisotopic (exact) mass is 418 g/mol. The van der Waals surface area contributed by atoms with E-state index in [-0.39, 0.29) is 5.91 Å². The molecule has 31 heavy (non-hydrogen) atoms. The van der Waals surface area contributed by atoms with Crippen LogP contribution in [0.4, 0.5) is 0 Å². The second-order valence-corrected chi connectivity index (χ2v) is 7.73. The van der Waals surface area contributed by atoms with Crippen molar-refractivity contribution in [3.05, 3.63) is 72.1 Å². The first-order valence-corrected chi connectivity index (χ1v) is 10.9. The van der Waals surface area contributed by atoms with E-state index in [1.165, 1.54) is 5.56 Å². The van der Waals surface area contributed by atoms with Crippen molar-refractivity contribution in [2.45, 2.75) is 13.0 Å². The molecule has 0 aliphatic carbocycles. The summed E-state index contributed by atoms with van der Waals surface area (Å²) in [5.74, 6) is 0.945. The van der Waals surface area contributed by atoms with Crippen molar-refractivity contribution in [3.8, 4) is 17.1 Å². The van der Waals surface area contributed by atoms with Crippen LogP contribution in [0.15, 0.2) is 60.9 Å². The summed E-state index contributed by atoms with van der Waals surface area (Å²) in [6.07, 6.45) is 4.75. The molecule has 7 heteroatoms. The zero-order valence-corrected chi connectivity index (χ0v) is 17.8. The van der Waals surface area contributed by atoms with E-state index < -0.39 is 0 Å². The molecule has 0 bridgehead atoms. The van der Waals surface area contributed by atoms with Gasteiger partial charge in [-0.2, -0.15) is 0 Å². The van der Waals surface area contributed by atoms with Crippen LogP contribution < -0.4 is 16.4 Å². The number of piperazine rings is 1. The number of nitrogens with zero attached hydrogens (tertiary/aromatic N) is 3. The predicted molar refractivity (Wildman–Crippen MR) is 123 cm³/mol. The average Bonchev–Trinajstić information content (AvgIpc) is 3.32. The Hall–Kier alpha value is -3.00. The molecule has 7 nitrogen and oxygen atoms in total. The molecular weight excluding hydrogens is 388 g/mol. The van der Waals surface area contributed by atoms with Gasteiger partial charge in [0, 0.05) is 61.9 Å². The van der Waals surface area contributed by atoms with E-state index in [1.807, 2.05) is 35.4 Å². The quantitative estimate of drug-likeness (QED) is 0.487. The Labute approximate surface area is 183 Å². The highest BCUT2D eigenvalue weighted by Gasteiger charge is 2.18. The van der Waals surface area contributed by atoms with E-state index in [9.17, 15) is 4.79 Å². The lowest BCUT2D eigenvalue weighted by Crippen LogP contribution is -2.46. The van der Waals surface area contributed by atoms with Crippen LogP contribution in [0.2, 0.25) is 0 Å². The van der Waals surface area contributed by atoms with Crippen LogP contribution in [0.5, 0.6) is 0 Å². The molecule has 1 aliphatic heterocycles. The van der Waals surface area contributed by atoms with E-state index in [0.29, 0.717) is 12.1 Å². The first-order valence-electron chi connectivity index (χ1n) is 10.9. The molecule has 0 saturated carbocycles. The molecule has 0 unspecified atom stereocenters. The summed E-state index contributed by atoms with van der Waals surface area (Å²) in [6.45, 7) is 5.62. The summed E-state index contributed by atoms with van der Waals surface area (Å²) >= 11 is 0. The number of carbonyl (C=O) groups excluding carboxylic acids is 1. The van der Waals surface area contributed by atoms with Crippen LogP contribution in [-0.4, -0.2) is 59.6 Å². The molecule has 1 aromatic heterocycles. The Bertz CT molecular complexity index is 991. The van der Waals surface area contributed by atoms with E-state index >= 15 is 0 Å². The van der Waals surface area contributed by atoms with E-state index in [0.717, 1.165) is 62.8 Å². The molecule has 4 rings (SSSR count). The molecule has 1 aliphatic rings. The van der Waals surface area contributed by atoms with Crippen molar-refractivity contribution in [2.75, 3.05) is 39.3 Å². The van der Waals surface area contributed by atoms with Crippen LogP contribution >= 0.6 is 0 Å². The average molecular weight is 419 g/mol. The molecule has 0 atom stereocenters. The van der Waals surface area contributed by atoms with Gasteiger partial charge in [-0.25, -0.2) is 4.98 Å². The van der Waals surface area contributed by atoms with Gasteiger partial charge in [-0.1, -0.05) is 24.3 Å².